The topological polar surface area (TPSA) is 98.7 Å². The van der Waals surface area contributed by atoms with Crippen LogP contribution < -0.4 is 25.6 Å². The first-order valence-electron chi connectivity index (χ1n) is 13.8. The van der Waals surface area contributed by atoms with Crippen LogP contribution in [0.3, 0.4) is 0 Å². The molecule has 1 aromatic heterocycles. The van der Waals surface area contributed by atoms with Crippen LogP contribution in [-0.2, 0) is 24.1 Å². The van der Waals surface area contributed by atoms with Crippen molar-refractivity contribution >= 4 is 31.6 Å². The molecule has 0 spiro atoms. The molecule has 0 unspecified atom stereocenters. The minimum atomic E-state index is -1.87. The number of aryl methyl sites for hydroxylation is 2. The number of aromatic nitrogens is 2. The van der Waals surface area contributed by atoms with E-state index in [2.05, 4.69) is 55.1 Å². The van der Waals surface area contributed by atoms with Gasteiger partial charge < -0.3 is 19.2 Å². The van der Waals surface area contributed by atoms with Crippen molar-refractivity contribution < 1.29 is 18.7 Å². The first-order chi connectivity index (χ1) is 19.4. The third-order valence-corrected chi connectivity index (χ3v) is 12.0. The molecule has 0 aliphatic rings. The number of methoxy groups -OCH3 is 1. The Labute approximate surface area is 250 Å². The maximum Gasteiger partial charge on any atom is 0.291 e. The third-order valence-electron chi connectivity index (χ3n) is 7.20. The molecule has 222 valence electrons. The van der Waals surface area contributed by atoms with E-state index in [-0.39, 0.29) is 10.2 Å². The van der Waals surface area contributed by atoms with Crippen molar-refractivity contribution in [1.29, 1.82) is 0 Å². The molecule has 3 rings (SSSR count). The predicted molar refractivity (Wildman–Crippen MR) is 169 cm³/mol. The molecule has 1 heterocycles. The summed E-state index contributed by atoms with van der Waals surface area (Å²) >= 11 is 5.38. The molecule has 0 saturated heterocycles. The molecule has 0 aliphatic carbocycles. The maximum atomic E-state index is 13.4. The maximum absolute atomic E-state index is 13.4. The zero-order valence-electron chi connectivity index (χ0n) is 25.2. The normalized spacial score (nSPS) is 11.6. The summed E-state index contributed by atoms with van der Waals surface area (Å²) < 4.78 is 19.4. The number of nitrogens with zero attached hydrogens (tertiary/aromatic N) is 2. The second kappa shape index (κ2) is 14.5. The lowest BCUT2D eigenvalue weighted by Gasteiger charge is -2.36. The number of hydrogen-bond donors (Lipinski definition) is 3. The van der Waals surface area contributed by atoms with Crippen molar-refractivity contribution in [3.8, 4) is 11.5 Å². The highest BCUT2D eigenvalue weighted by atomic mass is 32.1. The van der Waals surface area contributed by atoms with Gasteiger partial charge in [0.05, 0.1) is 7.11 Å². The molecule has 0 fully saturated rings. The number of rotatable bonds is 12. The van der Waals surface area contributed by atoms with Crippen molar-refractivity contribution in [2.45, 2.75) is 71.9 Å². The average molecular weight is 598 g/mol. The average Bonchev–Trinajstić information content (AvgIpc) is 3.26. The number of carbonyl (C=O) groups excluding carboxylic acids is 1. The first kappa shape index (κ1) is 32.1. The number of amides is 1. The highest BCUT2D eigenvalue weighted by Gasteiger charge is 2.36. The van der Waals surface area contributed by atoms with Crippen LogP contribution in [0.5, 0.6) is 11.5 Å². The van der Waals surface area contributed by atoms with Gasteiger partial charge in [0.2, 0.25) is 0 Å². The number of benzene rings is 2. The van der Waals surface area contributed by atoms with Gasteiger partial charge >= 0.3 is 0 Å². The van der Waals surface area contributed by atoms with E-state index in [4.69, 9.17) is 26.1 Å². The highest BCUT2D eigenvalue weighted by Crippen LogP contribution is 2.36. The number of hydrazine groups is 1. The summed E-state index contributed by atoms with van der Waals surface area (Å²) in [7, 11) is -0.240. The second-order valence-corrected chi connectivity index (χ2v) is 16.6. The zero-order chi connectivity index (χ0) is 30.0. The molecule has 0 aliphatic heterocycles. The molecule has 1 amide bonds. The number of ether oxygens (including phenoxy) is 2. The Morgan fingerprint density at radius 3 is 2.34 bits per heavy atom. The fraction of sp³-hybridized carbons (Fsp3) is 0.433. The Hall–Kier alpha value is -3.41. The van der Waals surface area contributed by atoms with Crippen molar-refractivity contribution in [1.82, 2.24) is 25.9 Å². The van der Waals surface area contributed by atoms with Crippen LogP contribution in [0.25, 0.3) is 0 Å². The minimum absolute atomic E-state index is 0.129. The van der Waals surface area contributed by atoms with Crippen molar-refractivity contribution in [2.24, 2.45) is 0 Å². The summed E-state index contributed by atoms with van der Waals surface area (Å²) in [5.41, 5.74) is 8.48. The lowest BCUT2D eigenvalue weighted by atomic mass is 10.2. The van der Waals surface area contributed by atoms with Crippen LogP contribution >= 0.6 is 12.2 Å². The molecule has 2 aromatic carbocycles. The van der Waals surface area contributed by atoms with E-state index >= 15 is 0 Å². The molecule has 0 radical (unpaired) electrons. The summed E-state index contributed by atoms with van der Waals surface area (Å²) in [6.45, 7) is 14.9. The van der Waals surface area contributed by atoms with Gasteiger partial charge in [0, 0.05) is 19.7 Å². The SMILES string of the molecule is COc1ccc(CNC(=S)NNC(=O)c2c(OCc3ccccc3)c(C)nn2CCCO[Si](C)(C)C(C)(C)C)cc1. The summed E-state index contributed by atoms with van der Waals surface area (Å²) in [4.78, 5) is 13.4. The molecule has 0 saturated carbocycles. The smallest absolute Gasteiger partial charge is 0.291 e. The van der Waals surface area contributed by atoms with Crippen LogP contribution in [0, 0.1) is 6.92 Å². The second-order valence-electron chi connectivity index (χ2n) is 11.3. The van der Waals surface area contributed by atoms with E-state index in [1.165, 1.54) is 0 Å². The molecule has 0 atom stereocenters. The number of hydrogen-bond acceptors (Lipinski definition) is 6. The predicted octanol–water partition coefficient (Wildman–Crippen LogP) is 5.50. The van der Waals surface area contributed by atoms with Crippen molar-refractivity contribution in [3.05, 3.63) is 77.1 Å². The summed E-state index contributed by atoms with van der Waals surface area (Å²) in [5.74, 6) is 0.827. The van der Waals surface area contributed by atoms with E-state index in [0.717, 1.165) is 16.9 Å². The van der Waals surface area contributed by atoms with Crippen LogP contribution in [0.15, 0.2) is 54.6 Å². The molecule has 3 aromatic rings. The molecule has 9 nitrogen and oxygen atoms in total. The van der Waals surface area contributed by atoms with Gasteiger partial charge in [0.15, 0.2) is 24.9 Å². The zero-order valence-corrected chi connectivity index (χ0v) is 27.0. The van der Waals surface area contributed by atoms with E-state index in [1.54, 1.807) is 11.8 Å². The van der Waals surface area contributed by atoms with Crippen LogP contribution in [0.1, 0.15) is 54.5 Å². The van der Waals surface area contributed by atoms with E-state index in [0.29, 0.717) is 49.9 Å². The Morgan fingerprint density at radius 1 is 1.02 bits per heavy atom. The summed E-state index contributed by atoms with van der Waals surface area (Å²) in [6, 6.07) is 17.5. The number of carbonyl (C=O) groups is 1. The molecule has 3 N–H and O–H groups in total. The lowest BCUT2D eigenvalue weighted by Crippen LogP contribution is -2.47. The quantitative estimate of drug-likeness (QED) is 0.109. The van der Waals surface area contributed by atoms with Crippen LogP contribution in [-0.4, -0.2) is 42.8 Å². The first-order valence-corrected chi connectivity index (χ1v) is 17.1. The Balaban J connectivity index is 1.66. The summed E-state index contributed by atoms with van der Waals surface area (Å²) in [5, 5.41) is 8.15. The molecular formula is C30H43N5O4SSi. The molecule has 11 heteroatoms. The van der Waals surface area contributed by atoms with E-state index in [1.807, 2.05) is 61.5 Å². The summed E-state index contributed by atoms with van der Waals surface area (Å²) in [6.07, 6.45) is 0.710. The Bertz CT molecular complexity index is 1290. The van der Waals surface area contributed by atoms with Crippen LogP contribution in [0.4, 0.5) is 0 Å². The largest absolute Gasteiger partial charge is 0.497 e. The van der Waals surface area contributed by atoms with Crippen LogP contribution in [0.2, 0.25) is 18.1 Å². The van der Waals surface area contributed by atoms with Gasteiger partial charge in [-0.15, -0.1) is 0 Å². The van der Waals surface area contributed by atoms with Gasteiger partial charge in [-0.3, -0.25) is 20.3 Å². The van der Waals surface area contributed by atoms with Gasteiger partial charge in [0.1, 0.15) is 18.1 Å². The van der Waals surface area contributed by atoms with Gasteiger partial charge in [-0.2, -0.15) is 5.10 Å². The van der Waals surface area contributed by atoms with Crippen molar-refractivity contribution in [2.75, 3.05) is 13.7 Å². The molecule has 0 bridgehead atoms. The standard InChI is InChI=1S/C30H43N5O4SSi/c1-22-27(38-21-24-12-9-8-10-13-24)26(35(34-22)18-11-19-39-41(6,7)30(2,3)4)28(36)32-33-29(40)31-20-23-14-16-25(37-5)17-15-23/h8-10,12-17H,11,18-21H2,1-7H3,(H,32,36)(H2,31,33,40). The van der Waals surface area contributed by atoms with Gasteiger partial charge in [0.25, 0.3) is 5.91 Å². The molecular weight excluding hydrogens is 555 g/mol. The number of thiocarbonyl (C=S) groups is 1. The molecule has 41 heavy (non-hydrogen) atoms. The highest BCUT2D eigenvalue weighted by molar-refractivity contribution is 7.80. The Kier molecular flexibility index (Phi) is 11.3. The van der Waals surface area contributed by atoms with Crippen molar-refractivity contribution in [3.63, 3.8) is 0 Å². The van der Waals surface area contributed by atoms with Gasteiger partial charge in [-0.1, -0.05) is 63.2 Å². The lowest BCUT2D eigenvalue weighted by molar-refractivity contribution is 0.0927. The van der Waals surface area contributed by atoms with E-state index in [9.17, 15) is 4.79 Å². The Morgan fingerprint density at radius 2 is 1.71 bits per heavy atom. The van der Waals surface area contributed by atoms with E-state index < -0.39 is 14.2 Å². The van der Waals surface area contributed by atoms with Gasteiger partial charge in [-0.25, -0.2) is 0 Å². The van der Waals surface area contributed by atoms with Gasteiger partial charge in [-0.05, 0) is 67.0 Å². The fourth-order valence-electron chi connectivity index (χ4n) is 3.75. The fourth-order valence-corrected chi connectivity index (χ4v) is 4.96. The minimum Gasteiger partial charge on any atom is -0.497 e. The third kappa shape index (κ3) is 9.30. The monoisotopic (exact) mass is 597 g/mol. The number of nitrogens with one attached hydrogen (secondary N) is 3.